The predicted octanol–water partition coefficient (Wildman–Crippen LogP) is 1.87. The predicted molar refractivity (Wildman–Crippen MR) is 59.8 cm³/mol. The molecule has 2 heteroatoms. The highest BCUT2D eigenvalue weighted by atomic mass is 15.1. The molecule has 0 fully saturated rings. The van der Waals surface area contributed by atoms with Gasteiger partial charge in [0.1, 0.15) is 0 Å². The van der Waals surface area contributed by atoms with Gasteiger partial charge in [0.15, 0.2) is 0 Å². The summed E-state index contributed by atoms with van der Waals surface area (Å²) in [7, 11) is 0. The highest BCUT2D eigenvalue weighted by Crippen LogP contribution is 2.20. The van der Waals surface area contributed by atoms with Crippen molar-refractivity contribution in [3.63, 3.8) is 0 Å². The van der Waals surface area contributed by atoms with Crippen molar-refractivity contribution in [3.8, 4) is 0 Å². The lowest BCUT2D eigenvalue weighted by molar-refractivity contribution is 0.183. The van der Waals surface area contributed by atoms with Gasteiger partial charge >= 0.3 is 0 Å². The van der Waals surface area contributed by atoms with Gasteiger partial charge in [-0.15, -0.1) is 6.58 Å². The Morgan fingerprint density at radius 2 is 2.08 bits per heavy atom. The maximum absolute atomic E-state index is 5.76. The van der Waals surface area contributed by atoms with E-state index in [9.17, 15) is 0 Å². The second kappa shape index (κ2) is 6.17. The van der Waals surface area contributed by atoms with Gasteiger partial charge in [-0.1, -0.05) is 26.8 Å². The Balaban J connectivity index is 4.09. The lowest BCUT2D eigenvalue weighted by atomic mass is 9.87. The molecule has 0 rings (SSSR count). The summed E-state index contributed by atoms with van der Waals surface area (Å²) >= 11 is 0. The fourth-order valence-electron chi connectivity index (χ4n) is 1.35. The van der Waals surface area contributed by atoms with Crippen molar-refractivity contribution in [2.45, 2.75) is 27.2 Å². The summed E-state index contributed by atoms with van der Waals surface area (Å²) in [6.45, 7) is 14.3. The molecule has 1 unspecified atom stereocenters. The Bertz CT molecular complexity index is 139. The van der Waals surface area contributed by atoms with Crippen molar-refractivity contribution >= 4 is 0 Å². The lowest BCUT2D eigenvalue weighted by Crippen LogP contribution is -2.40. The molecule has 0 amide bonds. The zero-order valence-corrected chi connectivity index (χ0v) is 9.34. The van der Waals surface area contributed by atoms with E-state index < -0.39 is 0 Å². The number of likely N-dealkylation sites (N-methyl/N-ethyl adjacent to an activating group) is 1. The number of hydrogen-bond donors (Lipinski definition) is 1. The van der Waals surface area contributed by atoms with Crippen molar-refractivity contribution in [2.75, 3.05) is 26.2 Å². The number of rotatable bonds is 7. The van der Waals surface area contributed by atoms with Gasteiger partial charge in [-0.25, -0.2) is 0 Å². The Morgan fingerprint density at radius 3 is 2.38 bits per heavy atom. The van der Waals surface area contributed by atoms with E-state index >= 15 is 0 Å². The van der Waals surface area contributed by atoms with Crippen LogP contribution in [0.4, 0.5) is 0 Å². The number of nitrogens with two attached hydrogens (primary N) is 1. The monoisotopic (exact) mass is 184 g/mol. The van der Waals surface area contributed by atoms with E-state index in [1.54, 1.807) is 0 Å². The molecular formula is C11H24N2. The molecule has 0 spiro atoms. The highest BCUT2D eigenvalue weighted by molar-refractivity contribution is 4.81. The summed E-state index contributed by atoms with van der Waals surface area (Å²) in [6, 6.07) is 0. The quantitative estimate of drug-likeness (QED) is 0.612. The third-order valence-corrected chi connectivity index (χ3v) is 2.79. The van der Waals surface area contributed by atoms with Gasteiger partial charge in [-0.05, 0) is 24.9 Å². The van der Waals surface area contributed by atoms with Gasteiger partial charge in [-0.3, -0.25) is 4.90 Å². The largest absolute Gasteiger partial charge is 0.330 e. The van der Waals surface area contributed by atoms with Crippen LogP contribution in [-0.4, -0.2) is 31.1 Å². The van der Waals surface area contributed by atoms with Gasteiger partial charge in [0.05, 0.1) is 0 Å². The first kappa shape index (κ1) is 12.7. The molecule has 0 bridgehead atoms. The maximum Gasteiger partial charge on any atom is 0.0160 e. The molecule has 0 aromatic carbocycles. The summed E-state index contributed by atoms with van der Waals surface area (Å²) in [5.41, 5.74) is 6.03. The van der Waals surface area contributed by atoms with Crippen LogP contribution in [0.3, 0.4) is 0 Å². The van der Waals surface area contributed by atoms with Crippen molar-refractivity contribution in [2.24, 2.45) is 11.1 Å². The fourth-order valence-corrected chi connectivity index (χ4v) is 1.35. The molecule has 0 aliphatic rings. The van der Waals surface area contributed by atoms with E-state index in [2.05, 4.69) is 32.3 Å². The second-order valence-electron chi connectivity index (χ2n) is 3.98. The number of nitrogens with zero attached hydrogens (tertiary/aromatic N) is 1. The SMILES string of the molecule is C=CCN(CC)CC(C)(CC)CN. The molecule has 0 aliphatic carbocycles. The van der Waals surface area contributed by atoms with E-state index in [-0.39, 0.29) is 5.41 Å². The van der Waals surface area contributed by atoms with Crippen LogP contribution in [0, 0.1) is 5.41 Å². The first-order valence-corrected chi connectivity index (χ1v) is 5.15. The Kier molecular flexibility index (Phi) is 6.00. The first-order chi connectivity index (χ1) is 6.11. The molecule has 2 N–H and O–H groups in total. The molecule has 78 valence electrons. The smallest absolute Gasteiger partial charge is 0.0160 e. The summed E-state index contributed by atoms with van der Waals surface area (Å²) in [5, 5.41) is 0. The molecular weight excluding hydrogens is 160 g/mol. The summed E-state index contributed by atoms with van der Waals surface area (Å²) in [6.07, 6.45) is 3.09. The van der Waals surface area contributed by atoms with E-state index in [1.807, 2.05) is 6.08 Å². The minimum Gasteiger partial charge on any atom is -0.330 e. The van der Waals surface area contributed by atoms with Gasteiger partial charge in [0.25, 0.3) is 0 Å². The Hall–Kier alpha value is -0.340. The van der Waals surface area contributed by atoms with Crippen molar-refractivity contribution in [1.82, 2.24) is 4.90 Å². The zero-order chi connectivity index (χ0) is 10.3. The summed E-state index contributed by atoms with van der Waals surface area (Å²) in [4.78, 5) is 2.38. The third kappa shape index (κ3) is 4.44. The zero-order valence-electron chi connectivity index (χ0n) is 9.34. The van der Waals surface area contributed by atoms with Crippen LogP contribution < -0.4 is 5.73 Å². The van der Waals surface area contributed by atoms with Crippen molar-refractivity contribution < 1.29 is 0 Å². The maximum atomic E-state index is 5.76. The van der Waals surface area contributed by atoms with Crippen LogP contribution >= 0.6 is 0 Å². The molecule has 1 atom stereocenters. The van der Waals surface area contributed by atoms with Gasteiger partial charge in [0, 0.05) is 13.1 Å². The summed E-state index contributed by atoms with van der Waals surface area (Å²) in [5.74, 6) is 0. The molecule has 0 aromatic heterocycles. The van der Waals surface area contributed by atoms with Gasteiger partial charge in [-0.2, -0.15) is 0 Å². The highest BCUT2D eigenvalue weighted by Gasteiger charge is 2.22. The van der Waals surface area contributed by atoms with E-state index in [4.69, 9.17) is 5.73 Å². The van der Waals surface area contributed by atoms with Gasteiger partial charge in [0.2, 0.25) is 0 Å². The van der Waals surface area contributed by atoms with Crippen LogP contribution in [0.15, 0.2) is 12.7 Å². The van der Waals surface area contributed by atoms with E-state index in [1.165, 1.54) is 0 Å². The summed E-state index contributed by atoms with van der Waals surface area (Å²) < 4.78 is 0. The molecule has 0 heterocycles. The minimum absolute atomic E-state index is 0.263. The van der Waals surface area contributed by atoms with Crippen molar-refractivity contribution in [3.05, 3.63) is 12.7 Å². The average molecular weight is 184 g/mol. The topological polar surface area (TPSA) is 29.3 Å². The molecule has 0 saturated carbocycles. The molecule has 0 aliphatic heterocycles. The Morgan fingerprint density at radius 1 is 1.46 bits per heavy atom. The fraction of sp³-hybridized carbons (Fsp3) is 0.818. The van der Waals surface area contributed by atoms with Crippen LogP contribution in [-0.2, 0) is 0 Å². The van der Waals surface area contributed by atoms with Crippen LogP contribution in [0.25, 0.3) is 0 Å². The molecule has 0 radical (unpaired) electrons. The van der Waals surface area contributed by atoms with Gasteiger partial charge < -0.3 is 5.73 Å². The minimum atomic E-state index is 0.263. The lowest BCUT2D eigenvalue weighted by Gasteiger charge is -2.32. The average Bonchev–Trinajstić information content (AvgIpc) is 2.17. The normalized spacial score (nSPS) is 15.8. The van der Waals surface area contributed by atoms with Crippen LogP contribution in [0.5, 0.6) is 0 Å². The first-order valence-electron chi connectivity index (χ1n) is 5.15. The standard InChI is InChI=1S/C11H24N2/c1-5-8-13(7-3)10-11(4,6-2)9-12/h5H,1,6-10,12H2,2-4H3. The van der Waals surface area contributed by atoms with E-state index in [0.717, 1.165) is 32.6 Å². The second-order valence-corrected chi connectivity index (χ2v) is 3.98. The van der Waals surface area contributed by atoms with E-state index in [0.29, 0.717) is 0 Å². The van der Waals surface area contributed by atoms with Crippen molar-refractivity contribution in [1.29, 1.82) is 0 Å². The third-order valence-electron chi connectivity index (χ3n) is 2.79. The Labute approximate surface area is 82.8 Å². The molecule has 0 saturated heterocycles. The van der Waals surface area contributed by atoms with Crippen LogP contribution in [0.2, 0.25) is 0 Å². The van der Waals surface area contributed by atoms with Crippen LogP contribution in [0.1, 0.15) is 27.2 Å². The molecule has 13 heavy (non-hydrogen) atoms. The molecule has 2 nitrogen and oxygen atoms in total. The molecule has 0 aromatic rings. The number of hydrogen-bond acceptors (Lipinski definition) is 2.